The lowest BCUT2D eigenvalue weighted by Crippen LogP contribution is -2.54. The molecule has 0 aliphatic heterocycles. The lowest BCUT2D eigenvalue weighted by molar-refractivity contribution is -0.150. The fourth-order valence-electron chi connectivity index (χ4n) is 10.8. The Labute approximate surface area is 507 Å². The number of alkyl carbamates (subject to hydrolysis) is 1. The third-order valence-corrected chi connectivity index (χ3v) is 15.7. The lowest BCUT2D eigenvalue weighted by atomic mass is 9.90. The molecule has 7 N–H and O–H groups in total. The number of allylic oxidation sites excluding steroid dienone is 2. The van der Waals surface area contributed by atoms with E-state index in [0.29, 0.717) is 25.7 Å². The number of fused-ring (bicyclic) bond motifs is 6. The topological polar surface area (TPSA) is 232 Å². The van der Waals surface area contributed by atoms with Gasteiger partial charge in [-0.15, -0.1) is 13.2 Å². The van der Waals surface area contributed by atoms with Crippen molar-refractivity contribution in [3.8, 4) is 22.3 Å². The van der Waals surface area contributed by atoms with Crippen LogP contribution in [0.4, 0.5) is 4.79 Å². The molecular formula is C72H87N3O11. The minimum atomic E-state index is -1.42. The van der Waals surface area contributed by atoms with Gasteiger partial charge in [-0.1, -0.05) is 216 Å². The molecule has 0 bridgehead atoms. The van der Waals surface area contributed by atoms with Gasteiger partial charge in [0.05, 0.1) is 12.3 Å². The molecule has 0 aromatic heterocycles. The highest BCUT2D eigenvalue weighted by atomic mass is 16.5. The predicted octanol–water partition coefficient (Wildman–Crippen LogP) is 14.2. The smallest absolute Gasteiger partial charge is 0.407 e. The summed E-state index contributed by atoms with van der Waals surface area (Å²) >= 11 is 0. The van der Waals surface area contributed by atoms with Crippen molar-refractivity contribution in [1.82, 2.24) is 10.6 Å². The number of amides is 2. The first kappa shape index (κ1) is 68.2. The molecule has 456 valence electrons. The van der Waals surface area contributed by atoms with Crippen LogP contribution in [0, 0.1) is 5.92 Å². The van der Waals surface area contributed by atoms with E-state index < -0.39 is 58.9 Å². The van der Waals surface area contributed by atoms with Gasteiger partial charge in [0.15, 0.2) is 0 Å². The molecule has 0 saturated carbocycles. The van der Waals surface area contributed by atoms with Crippen LogP contribution in [0.25, 0.3) is 22.3 Å². The lowest BCUT2D eigenvalue weighted by Gasteiger charge is -2.29. The van der Waals surface area contributed by atoms with Crippen molar-refractivity contribution < 1.29 is 53.6 Å². The second kappa shape index (κ2) is 34.4. The number of carbonyl (C=O) groups excluding carboxylic acids is 3. The summed E-state index contributed by atoms with van der Waals surface area (Å²) in [7, 11) is 0. The van der Waals surface area contributed by atoms with Crippen LogP contribution in [0.2, 0.25) is 0 Å². The number of esters is 1. The van der Waals surface area contributed by atoms with Crippen molar-refractivity contribution >= 4 is 35.9 Å². The molecule has 2 aliphatic rings. The highest BCUT2D eigenvalue weighted by Gasteiger charge is 2.38. The van der Waals surface area contributed by atoms with E-state index in [1.54, 1.807) is 13.8 Å². The predicted molar refractivity (Wildman–Crippen MR) is 340 cm³/mol. The highest BCUT2D eigenvalue weighted by molar-refractivity contribution is 5.90. The summed E-state index contributed by atoms with van der Waals surface area (Å²) in [4.78, 5) is 73.6. The van der Waals surface area contributed by atoms with Gasteiger partial charge in [-0.2, -0.15) is 0 Å². The molecule has 6 aromatic carbocycles. The van der Waals surface area contributed by atoms with Gasteiger partial charge in [-0.25, -0.2) is 14.4 Å². The van der Waals surface area contributed by atoms with Gasteiger partial charge >= 0.3 is 30.0 Å². The Morgan fingerprint density at radius 2 is 0.930 bits per heavy atom. The summed E-state index contributed by atoms with van der Waals surface area (Å²) in [5, 5.41) is 33.5. The number of nitrogens with one attached hydrogen (secondary N) is 2. The second-order valence-corrected chi connectivity index (χ2v) is 22.4. The van der Waals surface area contributed by atoms with Crippen LogP contribution in [0.3, 0.4) is 0 Å². The van der Waals surface area contributed by atoms with Gasteiger partial charge < -0.3 is 41.2 Å². The zero-order chi connectivity index (χ0) is 61.2. The minimum absolute atomic E-state index is 0. The summed E-state index contributed by atoms with van der Waals surface area (Å²) in [6.07, 6.45) is 14.0. The molecule has 86 heavy (non-hydrogen) atoms. The summed E-state index contributed by atoms with van der Waals surface area (Å²) in [6, 6.07) is 50.0. The summed E-state index contributed by atoms with van der Waals surface area (Å²) < 4.78 is 11.2. The first-order valence-electron chi connectivity index (χ1n) is 29.5. The molecule has 2 aliphatic carbocycles. The molecule has 0 saturated heterocycles. The van der Waals surface area contributed by atoms with Gasteiger partial charge in [0.1, 0.15) is 30.3 Å². The van der Waals surface area contributed by atoms with Crippen molar-refractivity contribution in [2.75, 3.05) is 13.2 Å². The van der Waals surface area contributed by atoms with E-state index >= 15 is 0 Å². The number of carbonyl (C=O) groups is 6. The molecule has 0 unspecified atom stereocenters. The number of hydrogen-bond donors (Lipinski definition) is 6. The molecule has 2 amide bonds. The largest absolute Gasteiger partial charge is 0.480 e. The third-order valence-electron chi connectivity index (χ3n) is 15.7. The van der Waals surface area contributed by atoms with Crippen LogP contribution in [-0.2, 0) is 46.3 Å². The molecule has 14 nitrogen and oxygen atoms in total. The SMILES string of the molecule is C.C=CCCCCCC[C@@](C)(N)C(=O)O.C=CCCCCCC[C@@](C)(NC(=O)[C@H](CC(=O)OCC1c2ccccc2-c2ccccc21)Cc1ccccc1)C(=O)O.O=C(N[C@H](Cc1ccccc1)C(=O)O)OCC1c2ccccc2-c2ccccc21. The van der Waals surface area contributed by atoms with E-state index in [-0.39, 0.29) is 45.3 Å². The fraction of sp³-hybridized carbons (Fsp3) is 0.361. The standard InChI is InChI=1S/C36H41NO5.C24H21NO4.C11H21NO2.CH4/c1-3-4-5-6-7-15-22-36(2,35(40)41)37-34(39)27(23-26-16-9-8-10-17-26)24-33(38)42-25-32-30-20-13-11-18-28(30)29-19-12-14-21-31(29)32;26-23(27)22(14-16-8-2-1-3-9-16)25-24(28)29-15-21-19-12-6-4-10-17(19)18-11-5-7-13-20(18)21;1-3-4-5-6-7-8-9-11(2,12)10(13)14;/h3,8-14,16-21,27,32H,1,4-7,15,22-25H2,2H3,(H,37,39)(H,40,41);1-13,21-22H,14-15H2,(H,25,28)(H,26,27);3H,1,4-9,12H2,2H3,(H,13,14);1H4/t27-,36+;22-;11-;/m011./s1. The molecule has 8 rings (SSSR count). The molecule has 14 heteroatoms. The first-order valence-corrected chi connectivity index (χ1v) is 29.5. The molecule has 0 fully saturated rings. The number of carboxylic acids is 3. The maximum Gasteiger partial charge on any atom is 0.407 e. The maximum absolute atomic E-state index is 13.6. The average Bonchev–Trinajstić information content (AvgIpc) is 1.72. The Balaban J connectivity index is 0.000000265. The van der Waals surface area contributed by atoms with Crippen molar-refractivity contribution in [1.29, 1.82) is 0 Å². The van der Waals surface area contributed by atoms with Crippen molar-refractivity contribution in [3.63, 3.8) is 0 Å². The van der Waals surface area contributed by atoms with Gasteiger partial charge in [0.25, 0.3) is 0 Å². The summed E-state index contributed by atoms with van der Waals surface area (Å²) in [6.45, 7) is 10.8. The molecule has 0 spiro atoms. The Morgan fingerprint density at radius 1 is 0.535 bits per heavy atom. The van der Waals surface area contributed by atoms with E-state index in [0.717, 1.165) is 113 Å². The van der Waals surface area contributed by atoms with Crippen molar-refractivity contribution in [3.05, 3.63) is 216 Å². The zero-order valence-corrected chi connectivity index (χ0v) is 49.1. The number of unbranched alkanes of at least 4 members (excludes halogenated alkanes) is 8. The van der Waals surface area contributed by atoms with Crippen LogP contribution >= 0.6 is 0 Å². The van der Waals surface area contributed by atoms with Gasteiger partial charge in [0.2, 0.25) is 5.91 Å². The monoisotopic (exact) mass is 1170 g/mol. The zero-order valence-electron chi connectivity index (χ0n) is 49.1. The average molecular weight is 1170 g/mol. The Kier molecular flexibility index (Phi) is 27.2. The Morgan fingerprint density at radius 3 is 1.35 bits per heavy atom. The number of rotatable bonds is 30. The number of aliphatic carboxylic acids is 3. The molecule has 6 aromatic rings. The number of hydrogen-bond acceptors (Lipinski definition) is 9. The van der Waals surface area contributed by atoms with E-state index in [9.17, 15) is 39.0 Å². The maximum atomic E-state index is 13.6. The number of ether oxygens (including phenoxy) is 2. The molecule has 0 heterocycles. The van der Waals surface area contributed by atoms with Crippen molar-refractivity contribution in [2.45, 2.75) is 147 Å². The van der Waals surface area contributed by atoms with Crippen LogP contribution < -0.4 is 16.4 Å². The number of nitrogens with two attached hydrogens (primary N) is 1. The van der Waals surface area contributed by atoms with Gasteiger partial charge in [-0.3, -0.25) is 14.4 Å². The normalized spacial score (nSPS) is 13.8. The summed E-state index contributed by atoms with van der Waals surface area (Å²) in [5.74, 6) is -4.94. The van der Waals surface area contributed by atoms with E-state index in [1.165, 1.54) is 0 Å². The fourth-order valence-corrected chi connectivity index (χ4v) is 10.8. The number of benzene rings is 6. The number of carboxylic acid groups (broad SMARTS) is 3. The van der Waals surface area contributed by atoms with Crippen LogP contribution in [0.15, 0.2) is 183 Å². The Bertz CT molecular complexity index is 3090. The quantitative estimate of drug-likeness (QED) is 0.0140. The van der Waals surface area contributed by atoms with E-state index in [2.05, 4.69) is 60.2 Å². The molecular weight excluding hydrogens is 1080 g/mol. The highest BCUT2D eigenvalue weighted by Crippen LogP contribution is 2.46. The first-order chi connectivity index (χ1) is 41.0. The van der Waals surface area contributed by atoms with E-state index in [1.807, 2.05) is 133 Å². The van der Waals surface area contributed by atoms with Crippen LogP contribution in [0.5, 0.6) is 0 Å². The second-order valence-electron chi connectivity index (χ2n) is 22.4. The van der Waals surface area contributed by atoms with E-state index in [4.69, 9.17) is 20.3 Å². The summed E-state index contributed by atoms with van der Waals surface area (Å²) in [5.41, 5.74) is 13.9. The molecule has 0 radical (unpaired) electrons. The minimum Gasteiger partial charge on any atom is -0.480 e. The van der Waals surface area contributed by atoms with Gasteiger partial charge in [0, 0.05) is 18.3 Å². The Hall–Kier alpha value is -8.62. The third kappa shape index (κ3) is 20.0. The van der Waals surface area contributed by atoms with Gasteiger partial charge in [-0.05, 0) is 114 Å². The molecule has 4 atom stereocenters. The van der Waals surface area contributed by atoms with Crippen LogP contribution in [0.1, 0.15) is 150 Å². The van der Waals surface area contributed by atoms with Crippen molar-refractivity contribution in [2.24, 2.45) is 11.7 Å². The van der Waals surface area contributed by atoms with Crippen LogP contribution in [-0.4, -0.2) is 81.5 Å².